The molecule has 100 valence electrons. The Hall–Kier alpha value is -0.280. The molecular weight excluding hydrogens is 236 g/mol. The zero-order valence-electron chi connectivity index (χ0n) is 10.8. The van der Waals surface area contributed by atoms with Crippen molar-refractivity contribution in [2.75, 3.05) is 13.1 Å². The summed E-state index contributed by atoms with van der Waals surface area (Å²) in [4.78, 5) is 14.3. The van der Waals surface area contributed by atoms with Crippen LogP contribution in [-0.2, 0) is 4.79 Å². The molecule has 1 aliphatic carbocycles. The molecule has 0 aromatic carbocycles. The lowest BCUT2D eigenvalue weighted by molar-refractivity contribution is -0.140. The molecule has 0 aromatic rings. The fourth-order valence-electron chi connectivity index (χ4n) is 2.86. The standard InChI is InChI=1S/C13H24N2O.ClH/c1-2-11-5-3-9-15(10-6-11)12(16)13(14)7-4-8-13;/h11H,2-10,14H2,1H3;1H. The fourth-order valence-corrected chi connectivity index (χ4v) is 2.86. The monoisotopic (exact) mass is 260 g/mol. The predicted octanol–water partition coefficient (Wildman–Crippen LogP) is 2.33. The summed E-state index contributed by atoms with van der Waals surface area (Å²) in [5.74, 6) is 1.03. The first kappa shape index (κ1) is 14.8. The Labute approximate surface area is 111 Å². The topological polar surface area (TPSA) is 46.3 Å². The Kier molecular flexibility index (Phi) is 5.26. The summed E-state index contributed by atoms with van der Waals surface area (Å²) in [6.07, 6.45) is 7.74. The number of likely N-dealkylation sites (tertiary alicyclic amines) is 1. The van der Waals surface area contributed by atoms with E-state index >= 15 is 0 Å². The molecule has 1 aliphatic heterocycles. The van der Waals surface area contributed by atoms with E-state index in [-0.39, 0.29) is 18.3 Å². The SMILES string of the molecule is CCC1CCCN(C(=O)C2(N)CCC2)CC1.Cl. The van der Waals surface area contributed by atoms with E-state index in [4.69, 9.17) is 5.73 Å². The maximum Gasteiger partial charge on any atom is 0.242 e. The molecular formula is C13H25ClN2O. The largest absolute Gasteiger partial charge is 0.341 e. The average molecular weight is 261 g/mol. The van der Waals surface area contributed by atoms with Crippen LogP contribution in [0.15, 0.2) is 0 Å². The molecule has 1 unspecified atom stereocenters. The molecule has 3 nitrogen and oxygen atoms in total. The molecule has 1 amide bonds. The van der Waals surface area contributed by atoms with E-state index in [1.807, 2.05) is 4.90 Å². The second kappa shape index (κ2) is 6.05. The minimum Gasteiger partial charge on any atom is -0.341 e. The maximum atomic E-state index is 12.3. The van der Waals surface area contributed by atoms with Crippen LogP contribution < -0.4 is 5.73 Å². The van der Waals surface area contributed by atoms with E-state index < -0.39 is 5.54 Å². The first-order valence-corrected chi connectivity index (χ1v) is 6.74. The predicted molar refractivity (Wildman–Crippen MR) is 72.2 cm³/mol. The van der Waals surface area contributed by atoms with Crippen LogP contribution in [0.2, 0.25) is 0 Å². The average Bonchev–Trinajstić information content (AvgIpc) is 2.49. The van der Waals surface area contributed by atoms with Gasteiger partial charge in [0.15, 0.2) is 0 Å². The van der Waals surface area contributed by atoms with Gasteiger partial charge in [0.2, 0.25) is 5.91 Å². The number of carbonyl (C=O) groups excluding carboxylic acids is 1. The number of nitrogens with zero attached hydrogens (tertiary/aromatic N) is 1. The van der Waals surface area contributed by atoms with Gasteiger partial charge < -0.3 is 10.6 Å². The lowest BCUT2D eigenvalue weighted by Gasteiger charge is -2.40. The Balaban J connectivity index is 0.00000144. The molecule has 1 saturated carbocycles. The highest BCUT2D eigenvalue weighted by atomic mass is 35.5. The van der Waals surface area contributed by atoms with Gasteiger partial charge in [-0.05, 0) is 44.4 Å². The van der Waals surface area contributed by atoms with Gasteiger partial charge in [-0.25, -0.2) is 0 Å². The van der Waals surface area contributed by atoms with Crippen LogP contribution in [-0.4, -0.2) is 29.4 Å². The molecule has 1 atom stereocenters. The molecule has 1 heterocycles. The molecule has 17 heavy (non-hydrogen) atoms. The molecule has 2 N–H and O–H groups in total. The van der Waals surface area contributed by atoms with Crippen molar-refractivity contribution in [3.8, 4) is 0 Å². The van der Waals surface area contributed by atoms with Crippen molar-refractivity contribution >= 4 is 18.3 Å². The highest BCUT2D eigenvalue weighted by molar-refractivity contribution is 5.87. The number of amides is 1. The number of rotatable bonds is 2. The molecule has 4 heteroatoms. The van der Waals surface area contributed by atoms with Gasteiger partial charge in [-0.2, -0.15) is 0 Å². The van der Waals surface area contributed by atoms with E-state index in [0.29, 0.717) is 0 Å². The van der Waals surface area contributed by atoms with Crippen LogP contribution in [0.5, 0.6) is 0 Å². The zero-order chi connectivity index (χ0) is 11.6. The zero-order valence-corrected chi connectivity index (χ0v) is 11.6. The molecule has 0 aromatic heterocycles. The van der Waals surface area contributed by atoms with Crippen molar-refractivity contribution in [2.45, 2.75) is 57.4 Å². The van der Waals surface area contributed by atoms with E-state index in [9.17, 15) is 4.79 Å². The van der Waals surface area contributed by atoms with Crippen LogP contribution >= 0.6 is 12.4 Å². The lowest BCUT2D eigenvalue weighted by Crippen LogP contribution is -2.59. The summed E-state index contributed by atoms with van der Waals surface area (Å²) in [6.45, 7) is 4.10. The number of carbonyl (C=O) groups is 1. The summed E-state index contributed by atoms with van der Waals surface area (Å²) in [5.41, 5.74) is 5.61. The van der Waals surface area contributed by atoms with E-state index in [2.05, 4.69) is 6.92 Å². The summed E-state index contributed by atoms with van der Waals surface area (Å²) in [7, 11) is 0. The number of hydrogen-bond donors (Lipinski definition) is 1. The second-order valence-corrected chi connectivity index (χ2v) is 5.51. The van der Waals surface area contributed by atoms with Gasteiger partial charge in [-0.1, -0.05) is 13.3 Å². The molecule has 2 aliphatic rings. The van der Waals surface area contributed by atoms with E-state index in [0.717, 1.165) is 44.7 Å². The Bertz CT molecular complexity index is 266. The van der Waals surface area contributed by atoms with Crippen molar-refractivity contribution in [3.05, 3.63) is 0 Å². The first-order valence-electron chi connectivity index (χ1n) is 6.74. The van der Waals surface area contributed by atoms with Gasteiger partial charge in [0, 0.05) is 13.1 Å². The Morgan fingerprint density at radius 2 is 2.00 bits per heavy atom. The van der Waals surface area contributed by atoms with Crippen LogP contribution in [0.3, 0.4) is 0 Å². The van der Waals surface area contributed by atoms with Gasteiger partial charge in [-0.3, -0.25) is 4.79 Å². The molecule has 2 fully saturated rings. The molecule has 2 rings (SSSR count). The van der Waals surface area contributed by atoms with Crippen LogP contribution in [0.1, 0.15) is 51.9 Å². The van der Waals surface area contributed by atoms with Crippen LogP contribution in [0.4, 0.5) is 0 Å². The van der Waals surface area contributed by atoms with E-state index in [1.165, 1.54) is 19.3 Å². The quantitative estimate of drug-likeness (QED) is 0.828. The highest BCUT2D eigenvalue weighted by Gasteiger charge is 2.42. The van der Waals surface area contributed by atoms with Crippen molar-refractivity contribution in [3.63, 3.8) is 0 Å². The third kappa shape index (κ3) is 3.14. The lowest BCUT2D eigenvalue weighted by atomic mass is 9.76. The Morgan fingerprint density at radius 1 is 1.29 bits per heavy atom. The smallest absolute Gasteiger partial charge is 0.242 e. The number of halogens is 1. The fraction of sp³-hybridized carbons (Fsp3) is 0.923. The second-order valence-electron chi connectivity index (χ2n) is 5.51. The minimum absolute atomic E-state index is 0. The summed E-state index contributed by atoms with van der Waals surface area (Å²) in [6, 6.07) is 0. The molecule has 1 saturated heterocycles. The van der Waals surface area contributed by atoms with Gasteiger partial charge in [0.25, 0.3) is 0 Å². The number of nitrogens with two attached hydrogens (primary N) is 1. The highest BCUT2D eigenvalue weighted by Crippen LogP contribution is 2.32. The van der Waals surface area contributed by atoms with Crippen molar-refractivity contribution in [2.24, 2.45) is 11.7 Å². The first-order chi connectivity index (χ1) is 7.65. The molecule has 0 radical (unpaired) electrons. The Morgan fingerprint density at radius 3 is 2.53 bits per heavy atom. The summed E-state index contributed by atoms with van der Waals surface area (Å²) >= 11 is 0. The van der Waals surface area contributed by atoms with Crippen LogP contribution in [0.25, 0.3) is 0 Å². The number of hydrogen-bond acceptors (Lipinski definition) is 2. The van der Waals surface area contributed by atoms with Crippen molar-refractivity contribution in [1.82, 2.24) is 4.90 Å². The molecule has 0 bridgehead atoms. The van der Waals surface area contributed by atoms with Crippen molar-refractivity contribution < 1.29 is 4.79 Å². The third-order valence-corrected chi connectivity index (χ3v) is 4.38. The van der Waals surface area contributed by atoms with Gasteiger partial charge >= 0.3 is 0 Å². The van der Waals surface area contributed by atoms with Crippen molar-refractivity contribution in [1.29, 1.82) is 0 Å². The van der Waals surface area contributed by atoms with E-state index in [1.54, 1.807) is 0 Å². The molecule has 0 spiro atoms. The third-order valence-electron chi connectivity index (χ3n) is 4.38. The van der Waals surface area contributed by atoms with Crippen LogP contribution in [0, 0.1) is 5.92 Å². The summed E-state index contributed by atoms with van der Waals surface area (Å²) < 4.78 is 0. The summed E-state index contributed by atoms with van der Waals surface area (Å²) in [5, 5.41) is 0. The van der Waals surface area contributed by atoms with Gasteiger partial charge in [-0.15, -0.1) is 12.4 Å². The normalized spacial score (nSPS) is 27.6. The minimum atomic E-state index is -0.494. The van der Waals surface area contributed by atoms with Gasteiger partial charge in [0.05, 0.1) is 5.54 Å². The van der Waals surface area contributed by atoms with Gasteiger partial charge in [0.1, 0.15) is 0 Å². The maximum absolute atomic E-state index is 12.3.